The lowest BCUT2D eigenvalue weighted by Crippen LogP contribution is -2.45. The van der Waals surface area contributed by atoms with Crippen molar-refractivity contribution in [1.29, 1.82) is 5.41 Å². The average molecular weight is 170 g/mol. The Hall–Kier alpha value is -0.770. The Balaban J connectivity index is 2.44. The molecule has 0 unspecified atom stereocenters. The van der Waals surface area contributed by atoms with Crippen LogP contribution >= 0.6 is 12.2 Å². The molecule has 1 aliphatic heterocycles. The number of hydrogen-bond acceptors (Lipinski definition) is 3. The molecule has 0 aromatic rings. The fraction of sp³-hybridized carbons (Fsp3) is 0.667. The van der Waals surface area contributed by atoms with Crippen LogP contribution in [0.15, 0.2) is 4.99 Å². The lowest BCUT2D eigenvalue weighted by molar-refractivity contribution is 0.360. The van der Waals surface area contributed by atoms with E-state index in [1.165, 1.54) is 0 Å². The van der Waals surface area contributed by atoms with E-state index < -0.39 is 0 Å². The molecule has 1 fully saturated rings. The smallest absolute Gasteiger partial charge is 0.205 e. The summed E-state index contributed by atoms with van der Waals surface area (Å²) in [6.07, 6.45) is 0. The molecular formula is C6H10N4S. The second-order valence-corrected chi connectivity index (χ2v) is 2.61. The van der Waals surface area contributed by atoms with Gasteiger partial charge in [-0.25, -0.2) is 5.41 Å². The van der Waals surface area contributed by atoms with E-state index in [-0.39, 0.29) is 0 Å². The zero-order chi connectivity index (χ0) is 8.10. The molecule has 0 amide bonds. The molecule has 0 radical (unpaired) electrons. The monoisotopic (exact) mass is 170 g/mol. The standard InChI is InChI=1S/C6H10N4S/c7-5-9-6(11)10-3-1-8-2-4-10/h7-8H,1-4H2. The topological polar surface area (TPSA) is 51.5 Å². The van der Waals surface area contributed by atoms with Crippen LogP contribution in [0.5, 0.6) is 0 Å². The van der Waals surface area contributed by atoms with Crippen LogP contribution in [0.1, 0.15) is 0 Å². The van der Waals surface area contributed by atoms with Gasteiger partial charge in [-0.15, -0.1) is 0 Å². The van der Waals surface area contributed by atoms with Crippen molar-refractivity contribution in [3.8, 4) is 0 Å². The Morgan fingerprint density at radius 2 is 2.18 bits per heavy atom. The Morgan fingerprint density at radius 3 is 2.73 bits per heavy atom. The third kappa shape index (κ3) is 2.38. The van der Waals surface area contributed by atoms with E-state index in [1.54, 1.807) is 0 Å². The third-order valence-corrected chi connectivity index (χ3v) is 1.89. The van der Waals surface area contributed by atoms with Crippen molar-refractivity contribution in [2.75, 3.05) is 26.2 Å². The Kier molecular flexibility index (Phi) is 3.16. The van der Waals surface area contributed by atoms with Crippen molar-refractivity contribution in [2.24, 2.45) is 4.99 Å². The van der Waals surface area contributed by atoms with Gasteiger partial charge in [0.15, 0.2) is 0 Å². The highest BCUT2D eigenvalue weighted by molar-refractivity contribution is 7.80. The first kappa shape index (κ1) is 8.33. The van der Waals surface area contributed by atoms with E-state index in [1.807, 2.05) is 10.9 Å². The maximum Gasteiger partial charge on any atom is 0.205 e. The first-order valence-corrected chi connectivity index (χ1v) is 3.87. The molecular weight excluding hydrogens is 160 g/mol. The number of nitrogens with zero attached hydrogens (tertiary/aromatic N) is 2. The molecule has 11 heavy (non-hydrogen) atoms. The zero-order valence-electron chi connectivity index (χ0n) is 6.13. The van der Waals surface area contributed by atoms with Crippen LogP contribution in [-0.4, -0.2) is 42.2 Å². The summed E-state index contributed by atoms with van der Waals surface area (Å²) in [6, 6.07) is 1.94. The van der Waals surface area contributed by atoms with Crippen molar-refractivity contribution >= 4 is 23.3 Å². The summed E-state index contributed by atoms with van der Waals surface area (Å²) in [5.74, 6) is 0. The molecule has 1 saturated heterocycles. The fourth-order valence-corrected chi connectivity index (χ4v) is 1.20. The molecule has 0 aromatic heterocycles. The van der Waals surface area contributed by atoms with E-state index >= 15 is 0 Å². The van der Waals surface area contributed by atoms with Crippen molar-refractivity contribution in [3.63, 3.8) is 0 Å². The predicted octanol–water partition coefficient (Wildman–Crippen LogP) is -0.0708. The second-order valence-electron chi connectivity index (χ2n) is 2.24. The molecule has 0 atom stereocenters. The summed E-state index contributed by atoms with van der Waals surface area (Å²) >= 11 is 4.92. The highest BCUT2D eigenvalue weighted by Crippen LogP contribution is 1.95. The molecule has 2 N–H and O–H groups in total. The van der Waals surface area contributed by atoms with Gasteiger partial charge in [-0.1, -0.05) is 0 Å². The molecule has 5 heteroatoms. The van der Waals surface area contributed by atoms with Crippen LogP contribution in [0.3, 0.4) is 0 Å². The maximum absolute atomic E-state index is 6.61. The van der Waals surface area contributed by atoms with Crippen LogP contribution in [0.2, 0.25) is 0 Å². The summed E-state index contributed by atoms with van der Waals surface area (Å²) < 4.78 is 0. The van der Waals surface area contributed by atoms with E-state index in [2.05, 4.69) is 10.3 Å². The summed E-state index contributed by atoms with van der Waals surface area (Å²) in [5.41, 5.74) is 0. The molecule has 0 aromatic carbocycles. The van der Waals surface area contributed by atoms with Crippen molar-refractivity contribution < 1.29 is 0 Å². The maximum atomic E-state index is 6.61. The Bertz CT molecular complexity index is 191. The number of rotatable bonds is 0. The second kappa shape index (κ2) is 4.18. The minimum Gasteiger partial charge on any atom is -0.344 e. The van der Waals surface area contributed by atoms with Crippen LogP contribution < -0.4 is 5.32 Å². The van der Waals surface area contributed by atoms with Gasteiger partial charge in [-0.05, 0) is 12.2 Å². The predicted molar refractivity (Wildman–Crippen MR) is 47.2 cm³/mol. The summed E-state index contributed by atoms with van der Waals surface area (Å²) in [5, 5.41) is 10.3. The molecule has 0 bridgehead atoms. The van der Waals surface area contributed by atoms with Gasteiger partial charge in [0.05, 0.1) is 6.01 Å². The highest BCUT2D eigenvalue weighted by Gasteiger charge is 2.10. The van der Waals surface area contributed by atoms with Crippen LogP contribution in [-0.2, 0) is 0 Å². The van der Waals surface area contributed by atoms with Crippen LogP contribution in [0, 0.1) is 5.41 Å². The summed E-state index contributed by atoms with van der Waals surface area (Å²) in [6.45, 7) is 3.63. The fourth-order valence-electron chi connectivity index (χ4n) is 0.975. The molecule has 0 aliphatic carbocycles. The van der Waals surface area contributed by atoms with Gasteiger partial charge in [0.25, 0.3) is 0 Å². The Morgan fingerprint density at radius 1 is 1.55 bits per heavy atom. The van der Waals surface area contributed by atoms with E-state index in [9.17, 15) is 0 Å². The minimum absolute atomic E-state index is 0.474. The SMILES string of the molecule is N=C=NC(=S)N1CCNCC1. The molecule has 1 rings (SSSR count). The van der Waals surface area contributed by atoms with Gasteiger partial charge < -0.3 is 10.2 Å². The van der Waals surface area contributed by atoms with Crippen LogP contribution in [0.4, 0.5) is 0 Å². The molecule has 0 saturated carbocycles. The normalized spacial score (nSPS) is 17.3. The molecule has 0 spiro atoms. The zero-order valence-corrected chi connectivity index (χ0v) is 6.95. The van der Waals surface area contributed by atoms with E-state index in [4.69, 9.17) is 17.6 Å². The largest absolute Gasteiger partial charge is 0.344 e. The molecule has 1 heterocycles. The highest BCUT2D eigenvalue weighted by atomic mass is 32.1. The summed E-state index contributed by atoms with van der Waals surface area (Å²) in [7, 11) is 0. The van der Waals surface area contributed by atoms with Crippen molar-refractivity contribution in [3.05, 3.63) is 0 Å². The van der Waals surface area contributed by atoms with Gasteiger partial charge in [0.2, 0.25) is 5.11 Å². The van der Waals surface area contributed by atoms with Crippen molar-refractivity contribution in [2.45, 2.75) is 0 Å². The molecule has 1 aliphatic rings. The number of aliphatic imine (C=N–C) groups is 1. The quantitative estimate of drug-likeness (QED) is 0.395. The number of hydrogen-bond donors (Lipinski definition) is 2. The third-order valence-electron chi connectivity index (χ3n) is 1.54. The minimum atomic E-state index is 0.474. The van der Waals surface area contributed by atoms with E-state index in [0.717, 1.165) is 26.2 Å². The van der Waals surface area contributed by atoms with Gasteiger partial charge in [-0.2, -0.15) is 4.99 Å². The number of piperazine rings is 1. The Labute approximate surface area is 70.8 Å². The lowest BCUT2D eigenvalue weighted by Gasteiger charge is -2.26. The first-order chi connectivity index (χ1) is 5.34. The van der Waals surface area contributed by atoms with Crippen LogP contribution in [0.25, 0.3) is 0 Å². The van der Waals surface area contributed by atoms with Crippen molar-refractivity contribution in [1.82, 2.24) is 10.2 Å². The lowest BCUT2D eigenvalue weighted by atomic mass is 10.4. The van der Waals surface area contributed by atoms with Gasteiger partial charge in [0, 0.05) is 26.2 Å². The van der Waals surface area contributed by atoms with Gasteiger partial charge in [-0.3, -0.25) is 0 Å². The molecule has 60 valence electrons. The molecule has 4 nitrogen and oxygen atoms in total. The number of thiocarbonyl (C=S) groups is 1. The van der Waals surface area contributed by atoms with Gasteiger partial charge in [0.1, 0.15) is 0 Å². The summed E-state index contributed by atoms with van der Waals surface area (Å²) in [4.78, 5) is 5.56. The number of nitrogens with one attached hydrogen (secondary N) is 2. The van der Waals surface area contributed by atoms with Gasteiger partial charge >= 0.3 is 0 Å². The van der Waals surface area contributed by atoms with E-state index in [0.29, 0.717) is 5.11 Å². The first-order valence-electron chi connectivity index (χ1n) is 3.46. The average Bonchev–Trinajstić information content (AvgIpc) is 2.07.